The first-order chi connectivity index (χ1) is 13.5. The van der Waals surface area contributed by atoms with Crippen LogP contribution in [0.25, 0.3) is 0 Å². The van der Waals surface area contributed by atoms with E-state index in [9.17, 15) is 18.3 Å². The van der Waals surface area contributed by atoms with Crippen LogP contribution in [0.3, 0.4) is 0 Å². The third-order valence-corrected chi connectivity index (χ3v) is 6.36. The fraction of sp³-hybridized carbons (Fsp3) is 0.435. The highest BCUT2D eigenvalue weighted by atomic mass is 32.2. The van der Waals surface area contributed by atoms with Crippen molar-refractivity contribution in [1.29, 1.82) is 0 Å². The van der Waals surface area contributed by atoms with E-state index in [0.717, 1.165) is 11.1 Å². The van der Waals surface area contributed by atoms with Gasteiger partial charge in [0.15, 0.2) is 0 Å². The van der Waals surface area contributed by atoms with Gasteiger partial charge < -0.3 is 5.11 Å². The van der Waals surface area contributed by atoms with Crippen molar-refractivity contribution in [2.45, 2.75) is 58.4 Å². The quantitative estimate of drug-likeness (QED) is 0.640. The Balaban J connectivity index is 1.96. The van der Waals surface area contributed by atoms with Crippen molar-refractivity contribution in [3.8, 4) is 0 Å². The highest BCUT2D eigenvalue weighted by Crippen LogP contribution is 2.23. The van der Waals surface area contributed by atoms with Crippen LogP contribution in [0.4, 0.5) is 0 Å². The Kier molecular flexibility index (Phi) is 7.60. The van der Waals surface area contributed by atoms with E-state index in [1.807, 2.05) is 31.2 Å². The molecule has 5 nitrogen and oxygen atoms in total. The van der Waals surface area contributed by atoms with Gasteiger partial charge in [-0.1, -0.05) is 76.2 Å². The van der Waals surface area contributed by atoms with Crippen molar-refractivity contribution in [2.75, 3.05) is 5.75 Å². The zero-order valence-electron chi connectivity index (χ0n) is 17.6. The number of nitrogens with one attached hydrogen (secondary N) is 1. The van der Waals surface area contributed by atoms with Gasteiger partial charge in [-0.05, 0) is 40.5 Å². The average molecular weight is 418 g/mol. The minimum absolute atomic E-state index is 0.00820. The maximum Gasteiger partial charge on any atom is 0.310 e. The van der Waals surface area contributed by atoms with E-state index >= 15 is 0 Å². The van der Waals surface area contributed by atoms with Gasteiger partial charge in [-0.2, -0.15) is 0 Å². The molecule has 2 N–H and O–H groups in total. The normalized spacial score (nSPS) is 13.2. The topological polar surface area (TPSA) is 83.5 Å². The fourth-order valence-electron chi connectivity index (χ4n) is 3.16. The molecule has 2 rings (SSSR count). The lowest BCUT2D eigenvalue weighted by Crippen LogP contribution is -2.27. The van der Waals surface area contributed by atoms with E-state index in [1.165, 1.54) is 5.56 Å². The highest BCUT2D eigenvalue weighted by molar-refractivity contribution is 7.89. The molecule has 0 aliphatic heterocycles. The minimum Gasteiger partial charge on any atom is -0.481 e. The summed E-state index contributed by atoms with van der Waals surface area (Å²) in [4.78, 5) is 11.3. The van der Waals surface area contributed by atoms with Crippen LogP contribution < -0.4 is 4.72 Å². The summed E-state index contributed by atoms with van der Waals surface area (Å²) in [5.41, 5.74) is 3.71. The van der Waals surface area contributed by atoms with E-state index in [4.69, 9.17) is 0 Å². The highest BCUT2D eigenvalue weighted by Gasteiger charge is 2.18. The first-order valence-corrected chi connectivity index (χ1v) is 11.6. The second-order valence-corrected chi connectivity index (χ2v) is 10.3. The molecule has 0 aliphatic carbocycles. The van der Waals surface area contributed by atoms with E-state index in [1.54, 1.807) is 24.3 Å². The van der Waals surface area contributed by atoms with E-state index in [-0.39, 0.29) is 17.7 Å². The van der Waals surface area contributed by atoms with Crippen molar-refractivity contribution >= 4 is 16.0 Å². The van der Waals surface area contributed by atoms with Gasteiger partial charge in [0.05, 0.1) is 11.7 Å². The Morgan fingerprint density at radius 1 is 1.07 bits per heavy atom. The average Bonchev–Trinajstić information content (AvgIpc) is 2.65. The summed E-state index contributed by atoms with van der Waals surface area (Å²) in [5, 5.41) is 9.30. The summed E-state index contributed by atoms with van der Waals surface area (Å²) in [7, 11) is -3.44. The molecule has 0 amide bonds. The van der Waals surface area contributed by atoms with Crippen LogP contribution in [0.5, 0.6) is 0 Å². The molecule has 2 aromatic rings. The Bertz CT molecular complexity index is 928. The van der Waals surface area contributed by atoms with Gasteiger partial charge in [0.2, 0.25) is 10.0 Å². The minimum atomic E-state index is -3.44. The molecular weight excluding hydrogens is 386 g/mol. The van der Waals surface area contributed by atoms with Crippen LogP contribution in [0, 0.1) is 0 Å². The smallest absolute Gasteiger partial charge is 0.310 e. The number of carboxylic acids is 1. The molecule has 2 aromatic carbocycles. The van der Waals surface area contributed by atoms with Crippen LogP contribution in [0.1, 0.15) is 62.3 Å². The molecule has 6 heteroatoms. The Morgan fingerprint density at radius 2 is 1.72 bits per heavy atom. The third-order valence-electron chi connectivity index (χ3n) is 5.04. The Labute approximate surface area is 174 Å². The molecule has 158 valence electrons. The molecule has 0 aliphatic rings. The van der Waals surface area contributed by atoms with Crippen LogP contribution >= 0.6 is 0 Å². The summed E-state index contributed by atoms with van der Waals surface area (Å²) in [6, 6.07) is 15.2. The molecule has 0 saturated heterocycles. The maximum atomic E-state index is 12.4. The molecule has 0 fully saturated rings. The Hall–Kier alpha value is -2.18. The number of aryl methyl sites for hydroxylation is 1. The molecule has 0 aromatic heterocycles. The molecule has 1 unspecified atom stereocenters. The molecule has 0 radical (unpaired) electrons. The van der Waals surface area contributed by atoms with Gasteiger partial charge in [0.25, 0.3) is 0 Å². The number of rotatable bonds is 9. The van der Waals surface area contributed by atoms with E-state index < -0.39 is 21.9 Å². The molecule has 0 bridgehead atoms. The van der Waals surface area contributed by atoms with Crippen molar-refractivity contribution in [3.05, 3.63) is 70.8 Å². The molecule has 0 spiro atoms. The first-order valence-electron chi connectivity index (χ1n) is 9.90. The fourth-order valence-corrected chi connectivity index (χ4v) is 4.20. The van der Waals surface area contributed by atoms with Crippen LogP contribution in [-0.2, 0) is 33.2 Å². The van der Waals surface area contributed by atoms with Gasteiger partial charge >= 0.3 is 5.97 Å². The zero-order chi connectivity index (χ0) is 21.7. The standard InChI is InChI=1S/C23H31NO4S/c1-5-21(22(25)26)19-8-6-7-18(15-19)16-24-29(27,28)14-13-17-9-11-20(12-10-17)23(2,3)4/h6-12,15,21,24H,5,13-14,16H2,1-4H3,(H,25,26). The first kappa shape index (κ1) is 23.1. The van der Waals surface area contributed by atoms with Crippen molar-refractivity contribution < 1.29 is 18.3 Å². The lowest BCUT2D eigenvalue weighted by Gasteiger charge is -2.19. The number of hydrogen-bond donors (Lipinski definition) is 2. The van der Waals surface area contributed by atoms with E-state index in [0.29, 0.717) is 18.4 Å². The van der Waals surface area contributed by atoms with Crippen LogP contribution in [-0.4, -0.2) is 25.2 Å². The molecular formula is C23H31NO4S. The van der Waals surface area contributed by atoms with Gasteiger partial charge in [-0.25, -0.2) is 13.1 Å². The van der Waals surface area contributed by atoms with Gasteiger partial charge in [-0.3, -0.25) is 4.79 Å². The zero-order valence-corrected chi connectivity index (χ0v) is 18.4. The number of carboxylic acid groups (broad SMARTS) is 1. The van der Waals surface area contributed by atoms with Gasteiger partial charge in [0, 0.05) is 6.54 Å². The number of carbonyl (C=O) groups is 1. The summed E-state index contributed by atoms with van der Waals surface area (Å²) in [6.45, 7) is 8.40. The summed E-state index contributed by atoms with van der Waals surface area (Å²) in [5.74, 6) is -1.45. The summed E-state index contributed by atoms with van der Waals surface area (Å²) < 4.78 is 27.4. The SMILES string of the molecule is CCC(C(=O)O)c1cccc(CNS(=O)(=O)CCc2ccc(C(C)(C)C)cc2)c1. The molecule has 0 heterocycles. The van der Waals surface area contributed by atoms with Crippen LogP contribution in [0.2, 0.25) is 0 Å². The maximum absolute atomic E-state index is 12.4. The largest absolute Gasteiger partial charge is 0.481 e. The van der Waals surface area contributed by atoms with Gasteiger partial charge in [-0.15, -0.1) is 0 Å². The van der Waals surface area contributed by atoms with Gasteiger partial charge in [0.1, 0.15) is 0 Å². The summed E-state index contributed by atoms with van der Waals surface area (Å²) >= 11 is 0. The predicted molar refractivity (Wildman–Crippen MR) is 117 cm³/mol. The number of aliphatic carboxylic acids is 1. The number of hydrogen-bond acceptors (Lipinski definition) is 3. The number of benzene rings is 2. The molecule has 1 atom stereocenters. The second-order valence-electron chi connectivity index (χ2n) is 8.38. The lowest BCUT2D eigenvalue weighted by atomic mass is 9.86. The Morgan fingerprint density at radius 3 is 2.28 bits per heavy atom. The molecule has 0 saturated carbocycles. The van der Waals surface area contributed by atoms with E-state index in [2.05, 4.69) is 25.5 Å². The van der Waals surface area contributed by atoms with Crippen molar-refractivity contribution in [2.24, 2.45) is 0 Å². The van der Waals surface area contributed by atoms with Crippen LogP contribution in [0.15, 0.2) is 48.5 Å². The lowest BCUT2D eigenvalue weighted by molar-refractivity contribution is -0.138. The third kappa shape index (κ3) is 6.98. The van der Waals surface area contributed by atoms with Crippen molar-refractivity contribution in [1.82, 2.24) is 4.72 Å². The molecule has 29 heavy (non-hydrogen) atoms. The second kappa shape index (κ2) is 9.55. The van der Waals surface area contributed by atoms with Crippen molar-refractivity contribution in [3.63, 3.8) is 0 Å². The predicted octanol–water partition coefficient (Wildman–Crippen LogP) is 4.22. The monoisotopic (exact) mass is 417 g/mol. The number of sulfonamides is 1. The summed E-state index contributed by atoms with van der Waals surface area (Å²) in [6.07, 6.45) is 0.926.